The van der Waals surface area contributed by atoms with Crippen LogP contribution in [-0.4, -0.2) is 43.4 Å². The van der Waals surface area contributed by atoms with Crippen LogP contribution in [0, 0.1) is 5.92 Å². The number of nitrogens with one attached hydrogen (secondary N) is 1. The Kier molecular flexibility index (Phi) is 3.79. The van der Waals surface area contributed by atoms with E-state index in [0.29, 0.717) is 23.5 Å². The zero-order valence-corrected chi connectivity index (χ0v) is 11.1. The van der Waals surface area contributed by atoms with E-state index in [1.165, 1.54) is 0 Å². The summed E-state index contributed by atoms with van der Waals surface area (Å²) in [5.74, 6) is 2.40. The summed E-state index contributed by atoms with van der Waals surface area (Å²) in [6, 6.07) is 0.295. The minimum absolute atomic E-state index is 0.295. The van der Waals surface area contributed by atoms with Gasteiger partial charge >= 0.3 is 0 Å². The molecule has 0 aliphatic carbocycles. The van der Waals surface area contributed by atoms with E-state index in [0.717, 1.165) is 30.3 Å². The van der Waals surface area contributed by atoms with E-state index in [1.807, 2.05) is 0 Å². The highest BCUT2D eigenvalue weighted by molar-refractivity contribution is 8.13. The van der Waals surface area contributed by atoms with Crippen LogP contribution >= 0.6 is 11.8 Å². The van der Waals surface area contributed by atoms with Crippen molar-refractivity contribution in [3.8, 4) is 0 Å². The third-order valence-electron chi connectivity index (χ3n) is 2.93. The molecule has 16 heavy (non-hydrogen) atoms. The lowest BCUT2D eigenvalue weighted by atomic mass is 10.2. The monoisotopic (exact) mass is 262 g/mol. The fraction of sp³-hybridized carbons (Fsp3) is 0.900. The minimum atomic E-state index is -2.75. The van der Waals surface area contributed by atoms with E-state index in [4.69, 9.17) is 0 Å². The predicted octanol–water partition coefficient (Wildman–Crippen LogP) is 0.892. The quantitative estimate of drug-likeness (QED) is 0.762. The van der Waals surface area contributed by atoms with Gasteiger partial charge in [-0.15, -0.1) is 0 Å². The summed E-state index contributed by atoms with van der Waals surface area (Å²) in [5, 5.41) is 4.37. The van der Waals surface area contributed by atoms with Gasteiger partial charge in [0, 0.05) is 18.3 Å². The van der Waals surface area contributed by atoms with E-state index in [2.05, 4.69) is 17.2 Å². The van der Waals surface area contributed by atoms with Gasteiger partial charge in [0.1, 0.15) is 9.84 Å². The molecular formula is C10H18N2O2S2. The van der Waals surface area contributed by atoms with Gasteiger partial charge in [0.05, 0.1) is 11.5 Å². The standard InChI is InChI=1S/C10H18N2O2S2/c1-8-6-11-10(15-7-8)12-9-2-4-16(13,14)5-3-9/h8-9H,2-7H2,1H3,(H,11,12). The van der Waals surface area contributed by atoms with Crippen molar-refractivity contribution in [2.45, 2.75) is 25.8 Å². The molecule has 0 bridgehead atoms. The van der Waals surface area contributed by atoms with Gasteiger partial charge in [0.15, 0.2) is 5.17 Å². The number of amidine groups is 1. The van der Waals surface area contributed by atoms with Crippen LogP contribution in [0.15, 0.2) is 4.99 Å². The first-order valence-electron chi connectivity index (χ1n) is 5.69. The predicted molar refractivity (Wildman–Crippen MR) is 68.7 cm³/mol. The van der Waals surface area contributed by atoms with Crippen molar-refractivity contribution in [1.29, 1.82) is 0 Å². The molecule has 0 aromatic heterocycles. The van der Waals surface area contributed by atoms with Crippen molar-refractivity contribution >= 4 is 26.8 Å². The molecule has 1 atom stereocenters. The molecular weight excluding hydrogens is 244 g/mol. The molecule has 6 heteroatoms. The van der Waals surface area contributed by atoms with Crippen molar-refractivity contribution < 1.29 is 8.42 Å². The van der Waals surface area contributed by atoms with Crippen LogP contribution in [-0.2, 0) is 9.84 Å². The van der Waals surface area contributed by atoms with E-state index < -0.39 is 9.84 Å². The minimum Gasteiger partial charge on any atom is -0.362 e. The fourth-order valence-electron chi connectivity index (χ4n) is 1.85. The number of rotatable bonds is 1. The van der Waals surface area contributed by atoms with Gasteiger partial charge in [0.25, 0.3) is 0 Å². The zero-order chi connectivity index (χ0) is 11.6. The van der Waals surface area contributed by atoms with Crippen LogP contribution in [0.2, 0.25) is 0 Å². The van der Waals surface area contributed by atoms with E-state index >= 15 is 0 Å². The lowest BCUT2D eigenvalue weighted by Gasteiger charge is -2.26. The van der Waals surface area contributed by atoms with Crippen molar-refractivity contribution in [2.75, 3.05) is 23.8 Å². The maximum Gasteiger partial charge on any atom is 0.156 e. The first-order chi connectivity index (χ1) is 7.55. The van der Waals surface area contributed by atoms with Gasteiger partial charge in [-0.05, 0) is 18.8 Å². The number of hydrogen-bond donors (Lipinski definition) is 1. The third kappa shape index (κ3) is 3.38. The first-order valence-corrected chi connectivity index (χ1v) is 8.50. The summed E-state index contributed by atoms with van der Waals surface area (Å²) in [5.41, 5.74) is 0. The Balaban J connectivity index is 1.83. The first kappa shape index (κ1) is 12.2. The Morgan fingerprint density at radius 1 is 1.38 bits per heavy atom. The molecule has 2 aliphatic rings. The second-order valence-electron chi connectivity index (χ2n) is 4.63. The van der Waals surface area contributed by atoms with Crippen LogP contribution in [0.4, 0.5) is 0 Å². The van der Waals surface area contributed by atoms with Crippen LogP contribution in [0.3, 0.4) is 0 Å². The van der Waals surface area contributed by atoms with Gasteiger partial charge in [0.2, 0.25) is 0 Å². The molecule has 0 aromatic rings. The van der Waals surface area contributed by atoms with Crippen LogP contribution in [0.5, 0.6) is 0 Å². The van der Waals surface area contributed by atoms with Gasteiger partial charge in [-0.3, -0.25) is 4.99 Å². The summed E-state index contributed by atoms with van der Waals surface area (Å²) < 4.78 is 22.5. The highest BCUT2D eigenvalue weighted by Crippen LogP contribution is 2.18. The molecule has 0 saturated carbocycles. The van der Waals surface area contributed by atoms with Crippen molar-refractivity contribution in [3.05, 3.63) is 0 Å². The summed E-state index contributed by atoms with van der Waals surface area (Å²) >= 11 is 1.75. The lowest BCUT2D eigenvalue weighted by Crippen LogP contribution is -2.41. The SMILES string of the molecule is CC1CN=C(NC2CCS(=O)(=O)CC2)SC1. The second kappa shape index (κ2) is 4.96. The molecule has 1 saturated heterocycles. The van der Waals surface area contributed by atoms with Gasteiger partial charge in [-0.25, -0.2) is 8.42 Å². The Hall–Kier alpha value is -0.230. The number of thioether (sulfide) groups is 1. The van der Waals surface area contributed by atoms with Gasteiger partial charge < -0.3 is 5.32 Å². The van der Waals surface area contributed by atoms with Crippen molar-refractivity contribution in [1.82, 2.24) is 5.32 Å². The zero-order valence-electron chi connectivity index (χ0n) is 9.48. The topological polar surface area (TPSA) is 58.5 Å². The number of hydrogen-bond acceptors (Lipinski definition) is 5. The molecule has 2 rings (SSSR count). The van der Waals surface area contributed by atoms with Crippen molar-refractivity contribution in [2.24, 2.45) is 10.9 Å². The lowest BCUT2D eigenvalue weighted by molar-refractivity contribution is 0.521. The Labute approximate surface area is 101 Å². The molecule has 0 amide bonds. The molecule has 92 valence electrons. The fourth-order valence-corrected chi connectivity index (χ4v) is 4.31. The highest BCUT2D eigenvalue weighted by atomic mass is 32.2. The molecule has 1 N–H and O–H groups in total. The number of sulfone groups is 1. The Bertz CT molecular complexity index is 364. The summed E-state index contributed by atoms with van der Waals surface area (Å²) in [6.45, 7) is 3.08. The Morgan fingerprint density at radius 3 is 2.62 bits per heavy atom. The third-order valence-corrected chi connectivity index (χ3v) is 5.90. The molecule has 1 fully saturated rings. The second-order valence-corrected chi connectivity index (χ2v) is 7.94. The molecule has 0 radical (unpaired) electrons. The van der Waals surface area contributed by atoms with Crippen molar-refractivity contribution in [3.63, 3.8) is 0 Å². The maximum absolute atomic E-state index is 11.3. The molecule has 0 aromatic carbocycles. The molecule has 2 aliphatic heterocycles. The maximum atomic E-state index is 11.3. The summed E-state index contributed by atoms with van der Waals surface area (Å²) in [4.78, 5) is 4.46. The molecule has 2 heterocycles. The molecule has 1 unspecified atom stereocenters. The van der Waals surface area contributed by atoms with E-state index in [1.54, 1.807) is 11.8 Å². The highest BCUT2D eigenvalue weighted by Gasteiger charge is 2.24. The smallest absolute Gasteiger partial charge is 0.156 e. The van der Waals surface area contributed by atoms with Crippen LogP contribution < -0.4 is 5.32 Å². The van der Waals surface area contributed by atoms with Gasteiger partial charge in [-0.2, -0.15) is 0 Å². The van der Waals surface area contributed by atoms with E-state index in [9.17, 15) is 8.42 Å². The number of nitrogens with zero attached hydrogens (tertiary/aromatic N) is 1. The normalized spacial score (nSPS) is 30.8. The summed E-state index contributed by atoms with van der Waals surface area (Å²) in [6.07, 6.45) is 1.44. The number of aliphatic imine (C=N–C) groups is 1. The average molecular weight is 262 g/mol. The Morgan fingerprint density at radius 2 is 2.06 bits per heavy atom. The summed E-state index contributed by atoms with van der Waals surface area (Å²) in [7, 11) is -2.75. The van der Waals surface area contributed by atoms with E-state index in [-0.39, 0.29) is 0 Å². The largest absolute Gasteiger partial charge is 0.362 e. The van der Waals surface area contributed by atoms with Crippen LogP contribution in [0.25, 0.3) is 0 Å². The van der Waals surface area contributed by atoms with Gasteiger partial charge in [-0.1, -0.05) is 18.7 Å². The molecule has 4 nitrogen and oxygen atoms in total. The van der Waals surface area contributed by atoms with Crippen LogP contribution in [0.1, 0.15) is 19.8 Å². The average Bonchev–Trinajstić information content (AvgIpc) is 2.24. The molecule has 0 spiro atoms.